The van der Waals surface area contributed by atoms with E-state index in [0.717, 1.165) is 43.3 Å². The molecule has 4 heterocycles. The lowest BCUT2D eigenvalue weighted by Gasteiger charge is -2.34. The van der Waals surface area contributed by atoms with Crippen LogP contribution in [0.1, 0.15) is 38.8 Å². The van der Waals surface area contributed by atoms with Gasteiger partial charge in [0.05, 0.1) is 25.5 Å². The predicted octanol–water partition coefficient (Wildman–Crippen LogP) is 4.64. The van der Waals surface area contributed by atoms with Crippen LogP contribution in [0.5, 0.6) is 0 Å². The van der Waals surface area contributed by atoms with Crippen molar-refractivity contribution in [3.05, 3.63) is 63.1 Å². The van der Waals surface area contributed by atoms with Gasteiger partial charge in [-0.1, -0.05) is 13.0 Å². The second-order valence-electron chi connectivity index (χ2n) is 6.35. The monoisotopic (exact) mass is 402 g/mol. The highest BCUT2D eigenvalue weighted by atomic mass is 32.1. The van der Waals surface area contributed by atoms with Crippen LogP contribution < -0.4 is 5.32 Å². The summed E-state index contributed by atoms with van der Waals surface area (Å²) in [5.41, 5.74) is 1.15. The first kappa shape index (κ1) is 18.4. The number of nitrogens with one attached hydrogen (secondary N) is 1. The van der Waals surface area contributed by atoms with Crippen LogP contribution in [-0.2, 0) is 11.2 Å². The zero-order valence-corrected chi connectivity index (χ0v) is 16.8. The van der Waals surface area contributed by atoms with E-state index in [2.05, 4.69) is 40.7 Å². The van der Waals surface area contributed by atoms with Gasteiger partial charge in [0.15, 0.2) is 5.76 Å². The Hall–Kier alpha value is -1.93. The summed E-state index contributed by atoms with van der Waals surface area (Å²) in [5.74, 6) is 0.115. The van der Waals surface area contributed by atoms with Crippen LogP contribution in [0.25, 0.3) is 0 Å². The number of carbonyl (C=O) groups excluding carboxylic acids is 1. The van der Waals surface area contributed by atoms with Crippen molar-refractivity contribution in [1.29, 1.82) is 0 Å². The number of hydrogen-bond acceptors (Lipinski definition) is 6. The minimum Gasteiger partial charge on any atom is -0.459 e. The summed E-state index contributed by atoms with van der Waals surface area (Å²) in [6.45, 7) is 5.38. The average molecular weight is 403 g/mol. The molecule has 0 saturated carbocycles. The number of thiophene rings is 2. The molecule has 0 radical (unpaired) electrons. The van der Waals surface area contributed by atoms with Crippen LogP contribution in [0, 0.1) is 0 Å². The second kappa shape index (κ2) is 8.39. The molecule has 1 amide bonds. The van der Waals surface area contributed by atoms with E-state index in [-0.39, 0.29) is 11.9 Å². The number of rotatable bonds is 6. The smallest absolute Gasteiger partial charge is 0.291 e. The minimum absolute atomic E-state index is 0.123. The number of nitrogens with zero attached hydrogens (tertiary/aromatic N) is 1. The van der Waals surface area contributed by atoms with Crippen LogP contribution in [0.15, 0.2) is 46.4 Å². The van der Waals surface area contributed by atoms with Crippen LogP contribution in [0.3, 0.4) is 0 Å². The van der Waals surface area contributed by atoms with Gasteiger partial charge in [-0.25, -0.2) is 0 Å². The van der Waals surface area contributed by atoms with Crippen molar-refractivity contribution in [2.75, 3.05) is 31.6 Å². The van der Waals surface area contributed by atoms with Crippen molar-refractivity contribution in [3.63, 3.8) is 0 Å². The van der Waals surface area contributed by atoms with Crippen molar-refractivity contribution >= 4 is 33.6 Å². The van der Waals surface area contributed by atoms with Crippen LogP contribution in [0.2, 0.25) is 0 Å². The van der Waals surface area contributed by atoms with Gasteiger partial charge in [-0.05, 0) is 36.1 Å². The van der Waals surface area contributed by atoms with Crippen molar-refractivity contribution in [1.82, 2.24) is 4.90 Å². The van der Waals surface area contributed by atoms with Crippen LogP contribution >= 0.6 is 22.7 Å². The summed E-state index contributed by atoms with van der Waals surface area (Å²) in [6, 6.07) is 10.0. The lowest BCUT2D eigenvalue weighted by Crippen LogP contribution is -2.39. The molecule has 7 heteroatoms. The summed E-state index contributed by atoms with van der Waals surface area (Å²) >= 11 is 3.40. The highest BCUT2D eigenvalue weighted by molar-refractivity contribution is 7.16. The Morgan fingerprint density at radius 1 is 1.30 bits per heavy atom. The van der Waals surface area contributed by atoms with E-state index in [1.165, 1.54) is 16.0 Å². The molecular formula is C20H22N2O3S2. The third-order valence-corrected chi connectivity index (χ3v) is 6.79. The maximum Gasteiger partial charge on any atom is 0.291 e. The molecular weight excluding hydrogens is 380 g/mol. The Kier molecular flexibility index (Phi) is 5.73. The molecule has 0 unspecified atom stereocenters. The number of amides is 1. The molecule has 5 nitrogen and oxygen atoms in total. The van der Waals surface area contributed by atoms with Crippen LogP contribution in [0.4, 0.5) is 5.00 Å². The van der Waals surface area contributed by atoms with E-state index in [9.17, 15) is 4.79 Å². The number of furan rings is 1. The highest BCUT2D eigenvalue weighted by Crippen LogP contribution is 2.41. The molecule has 3 aromatic rings. The van der Waals surface area contributed by atoms with Gasteiger partial charge in [-0.15, -0.1) is 22.7 Å². The van der Waals surface area contributed by atoms with Crippen molar-refractivity contribution in [3.8, 4) is 0 Å². The number of anilines is 1. The quantitative estimate of drug-likeness (QED) is 0.653. The fourth-order valence-corrected chi connectivity index (χ4v) is 5.22. The van der Waals surface area contributed by atoms with Crippen molar-refractivity contribution < 1.29 is 13.9 Å². The first-order valence-corrected chi connectivity index (χ1v) is 10.8. The highest BCUT2D eigenvalue weighted by Gasteiger charge is 2.29. The van der Waals surface area contributed by atoms with Gasteiger partial charge in [-0.3, -0.25) is 9.69 Å². The van der Waals surface area contributed by atoms with E-state index in [1.54, 1.807) is 34.8 Å². The first-order valence-electron chi connectivity index (χ1n) is 9.09. The Labute approximate surface area is 166 Å². The number of morpholine rings is 1. The zero-order valence-electron chi connectivity index (χ0n) is 15.1. The maximum absolute atomic E-state index is 12.6. The van der Waals surface area contributed by atoms with E-state index in [1.807, 2.05) is 0 Å². The summed E-state index contributed by atoms with van der Waals surface area (Å²) in [5, 5.41) is 6.09. The van der Waals surface area contributed by atoms with Gasteiger partial charge < -0.3 is 14.5 Å². The number of carbonyl (C=O) groups is 1. The predicted molar refractivity (Wildman–Crippen MR) is 109 cm³/mol. The molecule has 0 bridgehead atoms. The molecule has 0 aromatic carbocycles. The molecule has 3 aromatic heterocycles. The molecule has 0 aliphatic carbocycles. The fraction of sp³-hybridized carbons (Fsp3) is 0.350. The topological polar surface area (TPSA) is 54.7 Å². The third-order valence-electron chi connectivity index (χ3n) is 4.65. The largest absolute Gasteiger partial charge is 0.459 e. The van der Waals surface area contributed by atoms with E-state index in [4.69, 9.17) is 9.15 Å². The zero-order chi connectivity index (χ0) is 18.6. The molecule has 142 valence electrons. The van der Waals surface area contributed by atoms with Crippen LogP contribution in [-0.4, -0.2) is 37.1 Å². The van der Waals surface area contributed by atoms with E-state index in [0.29, 0.717) is 5.76 Å². The van der Waals surface area contributed by atoms with E-state index >= 15 is 0 Å². The van der Waals surface area contributed by atoms with Crippen molar-refractivity contribution in [2.24, 2.45) is 0 Å². The van der Waals surface area contributed by atoms with Gasteiger partial charge in [0.25, 0.3) is 5.91 Å². The Morgan fingerprint density at radius 3 is 2.81 bits per heavy atom. The van der Waals surface area contributed by atoms with Gasteiger partial charge in [-0.2, -0.15) is 0 Å². The molecule has 1 aliphatic rings. The van der Waals surface area contributed by atoms with Gasteiger partial charge in [0.1, 0.15) is 5.00 Å². The maximum atomic E-state index is 12.6. The summed E-state index contributed by atoms with van der Waals surface area (Å²) in [4.78, 5) is 17.6. The number of ether oxygens (including phenoxy) is 1. The molecule has 1 atom stereocenters. The average Bonchev–Trinajstić information content (AvgIpc) is 3.46. The lowest BCUT2D eigenvalue weighted by molar-refractivity contribution is 0.0247. The van der Waals surface area contributed by atoms with Gasteiger partial charge in [0, 0.05) is 28.4 Å². The SMILES string of the molecule is CCc1cc([C@H](c2cccs2)N2CCOCC2)c(NC(=O)c2ccco2)s1. The fourth-order valence-electron chi connectivity index (χ4n) is 3.32. The molecule has 27 heavy (non-hydrogen) atoms. The summed E-state index contributed by atoms with van der Waals surface area (Å²) in [7, 11) is 0. The number of aryl methyl sites for hydroxylation is 1. The molecule has 1 N–H and O–H groups in total. The molecule has 1 saturated heterocycles. The van der Waals surface area contributed by atoms with Gasteiger partial charge in [0.2, 0.25) is 0 Å². The standard InChI is InChI=1S/C20H22N2O3S2/c1-2-14-13-15(20(27-14)21-19(23)16-5-3-9-25-16)18(17-6-4-12-26-17)22-7-10-24-11-8-22/h3-6,9,12-13,18H,2,7-8,10-11H2,1H3,(H,21,23)/t18-/m1/s1. The van der Waals surface area contributed by atoms with Crippen molar-refractivity contribution in [2.45, 2.75) is 19.4 Å². The Balaban J connectivity index is 1.70. The Bertz CT molecular complexity index is 865. The van der Waals surface area contributed by atoms with E-state index < -0.39 is 0 Å². The first-order chi connectivity index (χ1) is 13.3. The lowest BCUT2D eigenvalue weighted by atomic mass is 10.0. The minimum atomic E-state index is -0.210. The molecule has 0 spiro atoms. The normalized spacial score (nSPS) is 16.3. The molecule has 4 rings (SSSR count). The molecule has 1 aliphatic heterocycles. The third kappa shape index (κ3) is 4.01. The summed E-state index contributed by atoms with van der Waals surface area (Å²) < 4.78 is 10.8. The second-order valence-corrected chi connectivity index (χ2v) is 8.46. The molecule has 1 fully saturated rings. The number of hydrogen-bond donors (Lipinski definition) is 1. The Morgan fingerprint density at radius 2 is 2.15 bits per heavy atom. The summed E-state index contributed by atoms with van der Waals surface area (Å²) in [6.07, 6.45) is 2.46. The van der Waals surface area contributed by atoms with Gasteiger partial charge >= 0.3 is 0 Å².